The van der Waals surface area contributed by atoms with Gasteiger partial charge in [-0.15, -0.1) is 10.2 Å². The van der Waals surface area contributed by atoms with Crippen LogP contribution >= 0.6 is 0 Å². The minimum absolute atomic E-state index is 0.0211. The van der Waals surface area contributed by atoms with Crippen molar-refractivity contribution in [1.29, 1.82) is 0 Å². The van der Waals surface area contributed by atoms with Gasteiger partial charge in [0.25, 0.3) is 0 Å². The molecule has 2 fully saturated rings. The molecule has 0 amide bonds. The first-order chi connectivity index (χ1) is 15.6. The molecule has 3 atom stereocenters. The summed E-state index contributed by atoms with van der Waals surface area (Å²) in [6.07, 6.45) is 1.26. The number of ether oxygens (including phenoxy) is 2. The number of likely N-dealkylation sites (N-methyl/N-ethyl adjacent to an activating group) is 1. The average molecular weight is 439 g/mol. The van der Waals surface area contributed by atoms with Crippen LogP contribution in [0.3, 0.4) is 0 Å². The van der Waals surface area contributed by atoms with E-state index in [0.29, 0.717) is 29.2 Å². The Kier molecular flexibility index (Phi) is 5.58. The summed E-state index contributed by atoms with van der Waals surface area (Å²) >= 11 is 0. The number of hydrogen-bond acceptors (Lipinski definition) is 8. The van der Waals surface area contributed by atoms with Crippen LogP contribution in [0.4, 0.5) is 10.1 Å². The Morgan fingerprint density at radius 3 is 2.66 bits per heavy atom. The van der Waals surface area contributed by atoms with E-state index in [0.717, 1.165) is 25.3 Å². The molecule has 1 aromatic carbocycles. The highest BCUT2D eigenvalue weighted by Crippen LogP contribution is 2.38. The van der Waals surface area contributed by atoms with E-state index in [1.165, 1.54) is 4.80 Å². The third kappa shape index (κ3) is 4.08. The van der Waals surface area contributed by atoms with E-state index in [4.69, 9.17) is 9.47 Å². The summed E-state index contributed by atoms with van der Waals surface area (Å²) in [7, 11) is 1.69. The summed E-state index contributed by atoms with van der Waals surface area (Å²) in [5.41, 5.74) is 2.55. The van der Waals surface area contributed by atoms with Crippen LogP contribution < -0.4 is 4.90 Å². The Hall–Kier alpha value is -2.95. The zero-order valence-electron chi connectivity index (χ0n) is 18.3. The van der Waals surface area contributed by atoms with Crippen molar-refractivity contribution in [2.24, 2.45) is 7.05 Å². The number of anilines is 1. The molecule has 32 heavy (non-hydrogen) atoms. The van der Waals surface area contributed by atoms with E-state index in [1.807, 2.05) is 12.1 Å². The normalized spacial score (nSPS) is 22.3. The summed E-state index contributed by atoms with van der Waals surface area (Å²) in [4.78, 5) is 10.2. The topological polar surface area (TPSA) is 84.7 Å². The van der Waals surface area contributed by atoms with Gasteiger partial charge in [0.15, 0.2) is 6.23 Å². The largest absolute Gasteiger partial charge is 0.342 e. The summed E-state index contributed by atoms with van der Waals surface area (Å²) in [5, 5.41) is 11.9. The Balaban J connectivity index is 1.33. The van der Waals surface area contributed by atoms with Crippen LogP contribution in [0, 0.1) is 5.82 Å². The maximum absolute atomic E-state index is 15.1. The van der Waals surface area contributed by atoms with Crippen LogP contribution in [0.1, 0.15) is 13.8 Å². The lowest BCUT2D eigenvalue weighted by Crippen LogP contribution is -2.47. The van der Waals surface area contributed by atoms with Crippen molar-refractivity contribution in [1.82, 2.24) is 30.1 Å². The molecule has 0 bridgehead atoms. The van der Waals surface area contributed by atoms with Gasteiger partial charge in [-0.3, -0.25) is 4.98 Å². The number of benzene rings is 1. The van der Waals surface area contributed by atoms with Gasteiger partial charge in [0.1, 0.15) is 11.5 Å². The lowest BCUT2D eigenvalue weighted by atomic mass is 10.1. The molecule has 2 saturated heterocycles. The van der Waals surface area contributed by atoms with Gasteiger partial charge in [-0.2, -0.15) is 4.80 Å². The highest BCUT2D eigenvalue weighted by molar-refractivity contribution is 5.68. The van der Waals surface area contributed by atoms with E-state index in [-0.39, 0.29) is 24.4 Å². The molecule has 2 aromatic heterocycles. The number of rotatable bonds is 7. The van der Waals surface area contributed by atoms with Gasteiger partial charge < -0.3 is 19.3 Å². The SMILES string of the molecule is CCN(CC)C[C@H]1CN(c2ccc(-c3ccc(-c4nnn(C)n4)nc3)c(F)c2)C2OC2O1. The number of epoxide rings is 1. The average Bonchev–Trinajstić information content (AvgIpc) is 3.47. The van der Waals surface area contributed by atoms with E-state index >= 15 is 4.39 Å². The predicted molar refractivity (Wildman–Crippen MR) is 116 cm³/mol. The fourth-order valence-corrected chi connectivity index (χ4v) is 4.08. The second-order valence-corrected chi connectivity index (χ2v) is 7.99. The van der Waals surface area contributed by atoms with Gasteiger partial charge in [-0.1, -0.05) is 19.9 Å². The number of nitrogens with zero attached hydrogens (tertiary/aromatic N) is 7. The number of aryl methyl sites for hydroxylation is 1. The summed E-state index contributed by atoms with van der Waals surface area (Å²) in [6, 6.07) is 8.85. The highest BCUT2D eigenvalue weighted by Gasteiger charge is 2.51. The van der Waals surface area contributed by atoms with Crippen molar-refractivity contribution >= 4 is 5.69 Å². The van der Waals surface area contributed by atoms with Gasteiger partial charge in [-0.05, 0) is 42.6 Å². The Bertz CT molecular complexity index is 1090. The second kappa shape index (κ2) is 8.53. The zero-order valence-corrected chi connectivity index (χ0v) is 18.3. The fraction of sp³-hybridized carbons (Fsp3) is 0.455. The van der Waals surface area contributed by atoms with Gasteiger partial charge in [0.05, 0.1) is 13.2 Å². The molecule has 10 heteroatoms. The minimum Gasteiger partial charge on any atom is -0.342 e. The molecule has 2 aliphatic heterocycles. The maximum Gasteiger partial charge on any atom is 0.223 e. The first kappa shape index (κ1) is 20.9. The van der Waals surface area contributed by atoms with E-state index < -0.39 is 0 Å². The Morgan fingerprint density at radius 2 is 2.00 bits per heavy atom. The molecule has 0 aliphatic carbocycles. The maximum atomic E-state index is 15.1. The van der Waals surface area contributed by atoms with Crippen LogP contribution in [-0.4, -0.2) is 74.9 Å². The van der Waals surface area contributed by atoms with Gasteiger partial charge in [0, 0.05) is 36.1 Å². The summed E-state index contributed by atoms with van der Waals surface area (Å²) < 4.78 is 26.8. The van der Waals surface area contributed by atoms with Crippen LogP contribution in [0.15, 0.2) is 36.5 Å². The molecular formula is C22H26FN7O2. The molecule has 0 radical (unpaired) electrons. The van der Waals surface area contributed by atoms with Crippen LogP contribution in [0.25, 0.3) is 22.6 Å². The lowest BCUT2D eigenvalue weighted by Gasteiger charge is -2.34. The van der Waals surface area contributed by atoms with Crippen LogP contribution in [0.5, 0.6) is 0 Å². The lowest BCUT2D eigenvalue weighted by molar-refractivity contribution is -0.0264. The number of pyridine rings is 1. The minimum atomic E-state index is -0.307. The highest BCUT2D eigenvalue weighted by atomic mass is 19.1. The predicted octanol–water partition coefficient (Wildman–Crippen LogP) is 2.31. The molecule has 0 N–H and O–H groups in total. The number of morpholine rings is 1. The molecule has 2 aliphatic rings. The standard InChI is InChI=1S/C22H26FN7O2/c1-4-29(5-2)12-16-13-30(21-22(31-16)32-21)15-7-8-17(18(23)10-15)14-6-9-19(24-11-14)20-25-27-28(3)26-20/h6-11,16,21-22H,4-5,12-13H2,1-3H3/t16-,21?,22?/m0/s1. The first-order valence-corrected chi connectivity index (χ1v) is 10.9. The van der Waals surface area contributed by atoms with Crippen LogP contribution in [0.2, 0.25) is 0 Å². The third-order valence-electron chi connectivity index (χ3n) is 5.92. The number of aromatic nitrogens is 5. The zero-order chi connectivity index (χ0) is 22.2. The van der Waals surface area contributed by atoms with Crippen LogP contribution in [-0.2, 0) is 16.5 Å². The molecule has 2 unspecified atom stereocenters. The quantitative estimate of drug-likeness (QED) is 0.519. The molecule has 0 spiro atoms. The molecule has 9 nitrogen and oxygen atoms in total. The smallest absolute Gasteiger partial charge is 0.223 e. The second-order valence-electron chi connectivity index (χ2n) is 7.99. The molecule has 3 aromatic rings. The van der Waals surface area contributed by atoms with E-state index in [1.54, 1.807) is 31.4 Å². The van der Waals surface area contributed by atoms with Crippen molar-refractivity contribution in [3.63, 3.8) is 0 Å². The number of tetrazole rings is 1. The van der Waals surface area contributed by atoms with Gasteiger partial charge in [-0.25, -0.2) is 4.39 Å². The number of fused-ring (bicyclic) bond motifs is 1. The van der Waals surface area contributed by atoms with Gasteiger partial charge >= 0.3 is 0 Å². The Morgan fingerprint density at radius 1 is 1.16 bits per heavy atom. The third-order valence-corrected chi connectivity index (χ3v) is 5.92. The molecule has 4 heterocycles. The van der Waals surface area contributed by atoms with Crippen molar-refractivity contribution in [2.75, 3.05) is 31.1 Å². The fourth-order valence-electron chi connectivity index (χ4n) is 4.08. The molecule has 5 rings (SSSR count). The summed E-state index contributed by atoms with van der Waals surface area (Å²) in [6.45, 7) is 7.70. The van der Waals surface area contributed by atoms with E-state index in [9.17, 15) is 0 Å². The van der Waals surface area contributed by atoms with Crippen molar-refractivity contribution in [2.45, 2.75) is 32.5 Å². The number of hydrogen-bond donors (Lipinski definition) is 0. The van der Waals surface area contributed by atoms with Gasteiger partial charge in [0.2, 0.25) is 12.1 Å². The molecule has 168 valence electrons. The molecule has 0 saturated carbocycles. The summed E-state index contributed by atoms with van der Waals surface area (Å²) in [5.74, 6) is 0.124. The Labute approximate surface area is 185 Å². The van der Waals surface area contributed by atoms with Crippen molar-refractivity contribution in [3.05, 3.63) is 42.3 Å². The first-order valence-electron chi connectivity index (χ1n) is 10.9. The van der Waals surface area contributed by atoms with Crippen molar-refractivity contribution in [3.8, 4) is 22.6 Å². The van der Waals surface area contributed by atoms with Crippen molar-refractivity contribution < 1.29 is 13.9 Å². The molecular weight excluding hydrogens is 413 g/mol. The monoisotopic (exact) mass is 439 g/mol. The van der Waals surface area contributed by atoms with E-state index in [2.05, 4.69) is 44.0 Å². The number of halogens is 1.